The van der Waals surface area contributed by atoms with E-state index in [0.29, 0.717) is 55.5 Å². The van der Waals surface area contributed by atoms with E-state index in [0.717, 1.165) is 11.3 Å². The molecule has 2 rings (SSSR count). The summed E-state index contributed by atoms with van der Waals surface area (Å²) in [5.41, 5.74) is 1.54. The van der Waals surface area contributed by atoms with E-state index in [2.05, 4.69) is 10.6 Å². The second-order valence-corrected chi connectivity index (χ2v) is 10.5. The van der Waals surface area contributed by atoms with E-state index in [-0.39, 0.29) is 29.9 Å². The molecule has 0 saturated heterocycles. The van der Waals surface area contributed by atoms with Gasteiger partial charge in [-0.2, -0.15) is 0 Å². The lowest BCUT2D eigenvalue weighted by Gasteiger charge is -2.32. The molecule has 12 heteroatoms. The molecule has 0 aliphatic rings. The minimum atomic E-state index is -1.87. The van der Waals surface area contributed by atoms with Gasteiger partial charge in [0, 0.05) is 35.7 Å². The van der Waals surface area contributed by atoms with Crippen LogP contribution in [0.1, 0.15) is 71.7 Å². The summed E-state index contributed by atoms with van der Waals surface area (Å²) in [6, 6.07) is 14.4. The van der Waals surface area contributed by atoms with E-state index in [9.17, 15) is 39.6 Å². The average Bonchev–Trinajstić information content (AvgIpc) is 2.97. The van der Waals surface area contributed by atoms with Crippen molar-refractivity contribution < 1.29 is 44.7 Å². The molecule has 0 aliphatic carbocycles. The minimum absolute atomic E-state index is 0.110. The molecule has 12 nitrogen and oxygen atoms in total. The van der Waals surface area contributed by atoms with Crippen molar-refractivity contribution in [3.05, 3.63) is 71.3 Å². The van der Waals surface area contributed by atoms with Crippen LogP contribution in [0.3, 0.4) is 0 Å². The highest BCUT2D eigenvalue weighted by Gasteiger charge is 2.27. The molecule has 0 fully saturated rings. The predicted molar refractivity (Wildman–Crippen MR) is 158 cm³/mol. The van der Waals surface area contributed by atoms with Crippen molar-refractivity contribution in [2.45, 2.75) is 64.1 Å². The van der Waals surface area contributed by atoms with E-state index in [1.165, 1.54) is 0 Å². The highest BCUT2D eigenvalue weighted by Crippen LogP contribution is 2.14. The van der Waals surface area contributed by atoms with Gasteiger partial charge in [-0.05, 0) is 44.2 Å². The number of aliphatic carboxylic acids is 1. The lowest BCUT2D eigenvalue weighted by molar-refractivity contribution is -0.150. The number of carboxylic acids is 1. The second-order valence-electron chi connectivity index (χ2n) is 10.5. The maximum atomic E-state index is 12.5. The number of benzene rings is 2. The Morgan fingerprint density at radius 1 is 0.744 bits per heavy atom. The van der Waals surface area contributed by atoms with Crippen LogP contribution in [-0.2, 0) is 9.59 Å². The van der Waals surface area contributed by atoms with Gasteiger partial charge in [-0.3, -0.25) is 24.1 Å². The highest BCUT2D eigenvalue weighted by atomic mass is 16.5. The molecule has 0 aliphatic heterocycles. The van der Waals surface area contributed by atoms with Gasteiger partial charge in [0.15, 0.2) is 18.4 Å². The zero-order valence-electron chi connectivity index (χ0n) is 24.4. The van der Waals surface area contributed by atoms with E-state index >= 15 is 0 Å². The van der Waals surface area contributed by atoms with Crippen molar-refractivity contribution in [3.8, 4) is 0 Å². The van der Waals surface area contributed by atoms with Gasteiger partial charge < -0.3 is 36.2 Å². The number of nitrogens with one attached hydrogen (secondary N) is 2. The Morgan fingerprint density at radius 2 is 1.30 bits per heavy atom. The van der Waals surface area contributed by atoms with Crippen molar-refractivity contribution in [1.82, 2.24) is 15.5 Å². The van der Waals surface area contributed by atoms with Crippen LogP contribution >= 0.6 is 0 Å². The zero-order chi connectivity index (χ0) is 31.8. The van der Waals surface area contributed by atoms with Crippen LogP contribution in [0.5, 0.6) is 0 Å². The quantitative estimate of drug-likeness (QED) is 0.0656. The Morgan fingerprint density at radius 3 is 1.88 bits per heavy atom. The Balaban J connectivity index is 1.63. The standard InChI is InChI=1S/C31H43N3O9/c1-21(29(40)32-17-8-6-12-25(31(42)43)34(19-26(35)36)20-27(37)38)9-5-7-18-33-30(41)24-15-13-23(14-16-24)28(39)22-10-3-2-4-11-22/h2-4,10-11,13-16,21,25-26,31,35-36,42-43H,5-9,12,17-20H2,1H3,(H,32,40)(H,33,41)(H,37,38). The summed E-state index contributed by atoms with van der Waals surface area (Å²) in [5, 5.41) is 52.4. The van der Waals surface area contributed by atoms with Crippen LogP contribution in [0, 0.1) is 5.92 Å². The number of nitrogens with zero attached hydrogens (tertiary/aromatic N) is 1. The first kappa shape index (κ1) is 35.5. The molecule has 43 heavy (non-hydrogen) atoms. The molecule has 236 valence electrons. The number of aliphatic hydroxyl groups is 4. The maximum absolute atomic E-state index is 12.5. The molecule has 0 aromatic heterocycles. The van der Waals surface area contributed by atoms with Gasteiger partial charge in [0.05, 0.1) is 19.1 Å². The molecule has 0 heterocycles. The van der Waals surface area contributed by atoms with Crippen molar-refractivity contribution in [2.75, 3.05) is 26.2 Å². The van der Waals surface area contributed by atoms with E-state index in [1.54, 1.807) is 48.5 Å². The van der Waals surface area contributed by atoms with Crippen LogP contribution in [0.25, 0.3) is 0 Å². The number of carbonyl (C=O) groups excluding carboxylic acids is 3. The van der Waals surface area contributed by atoms with Crippen LogP contribution in [-0.4, -0.2) is 98.8 Å². The molecular formula is C31H43N3O9. The summed E-state index contributed by atoms with van der Waals surface area (Å²) >= 11 is 0. The topological polar surface area (TPSA) is 197 Å². The number of carboxylic acid groups (broad SMARTS) is 1. The van der Waals surface area contributed by atoms with Crippen LogP contribution in [0.2, 0.25) is 0 Å². The Kier molecular flexibility index (Phi) is 15.5. The number of rotatable bonds is 20. The SMILES string of the molecule is CC(CCCCNC(=O)c1ccc(C(=O)c2ccccc2)cc1)C(=O)NCCCCC(C(O)O)N(CC(=O)O)CC(O)O. The average molecular weight is 602 g/mol. The first-order valence-electron chi connectivity index (χ1n) is 14.4. The lowest BCUT2D eigenvalue weighted by Crippen LogP contribution is -2.49. The van der Waals surface area contributed by atoms with Gasteiger partial charge in [-0.1, -0.05) is 55.8 Å². The van der Waals surface area contributed by atoms with Crippen LogP contribution in [0.4, 0.5) is 0 Å². The van der Waals surface area contributed by atoms with Crippen molar-refractivity contribution in [3.63, 3.8) is 0 Å². The summed E-state index contributed by atoms with van der Waals surface area (Å²) in [5.74, 6) is -1.95. The summed E-state index contributed by atoms with van der Waals surface area (Å²) < 4.78 is 0. The maximum Gasteiger partial charge on any atom is 0.317 e. The van der Waals surface area contributed by atoms with Crippen molar-refractivity contribution >= 4 is 23.6 Å². The van der Waals surface area contributed by atoms with E-state index in [4.69, 9.17) is 5.11 Å². The van der Waals surface area contributed by atoms with Crippen LogP contribution < -0.4 is 10.6 Å². The van der Waals surface area contributed by atoms with Crippen molar-refractivity contribution in [2.24, 2.45) is 5.92 Å². The Hall–Kier alpha value is -3.68. The second kappa shape index (κ2) is 18.8. The highest BCUT2D eigenvalue weighted by molar-refractivity contribution is 6.09. The van der Waals surface area contributed by atoms with E-state index < -0.39 is 37.7 Å². The molecule has 2 unspecified atom stereocenters. The molecule has 0 saturated carbocycles. The van der Waals surface area contributed by atoms with Gasteiger partial charge in [0.1, 0.15) is 0 Å². The zero-order valence-corrected chi connectivity index (χ0v) is 24.4. The number of hydrogen-bond donors (Lipinski definition) is 7. The fourth-order valence-electron chi connectivity index (χ4n) is 4.62. The monoisotopic (exact) mass is 601 g/mol. The molecule has 2 aromatic rings. The lowest BCUT2D eigenvalue weighted by atomic mass is 10.0. The molecule has 0 spiro atoms. The molecule has 2 atom stereocenters. The largest absolute Gasteiger partial charge is 0.480 e. The molecular weight excluding hydrogens is 558 g/mol. The molecule has 2 aromatic carbocycles. The molecule has 7 N–H and O–H groups in total. The fraction of sp³-hybridized carbons (Fsp3) is 0.484. The summed E-state index contributed by atoms with van der Waals surface area (Å²) in [7, 11) is 0. The van der Waals surface area contributed by atoms with Gasteiger partial charge in [-0.25, -0.2) is 0 Å². The van der Waals surface area contributed by atoms with Crippen LogP contribution in [0.15, 0.2) is 54.6 Å². The third kappa shape index (κ3) is 13.0. The minimum Gasteiger partial charge on any atom is -0.480 e. The third-order valence-electron chi connectivity index (χ3n) is 7.02. The summed E-state index contributed by atoms with van der Waals surface area (Å²) in [6.45, 7) is 1.58. The first-order chi connectivity index (χ1) is 20.5. The van der Waals surface area contributed by atoms with Gasteiger partial charge >= 0.3 is 5.97 Å². The van der Waals surface area contributed by atoms with Gasteiger partial charge in [-0.15, -0.1) is 0 Å². The Bertz CT molecular complexity index is 1160. The molecule has 0 bridgehead atoms. The summed E-state index contributed by atoms with van der Waals surface area (Å²) in [4.78, 5) is 49.5. The predicted octanol–water partition coefficient (Wildman–Crippen LogP) is 1.12. The Labute approximate surface area is 251 Å². The molecule has 2 amide bonds. The number of carbonyl (C=O) groups is 4. The number of unbranched alkanes of at least 4 members (excludes halogenated alkanes) is 2. The van der Waals surface area contributed by atoms with Crippen molar-refractivity contribution in [1.29, 1.82) is 0 Å². The van der Waals surface area contributed by atoms with Gasteiger partial charge in [0.2, 0.25) is 5.91 Å². The summed E-state index contributed by atoms with van der Waals surface area (Å²) in [6.07, 6.45) is -0.505. The number of aliphatic hydroxyl groups excluding tert-OH is 2. The number of amides is 2. The number of hydrogen-bond acceptors (Lipinski definition) is 9. The van der Waals surface area contributed by atoms with Gasteiger partial charge in [0.25, 0.3) is 5.91 Å². The normalized spacial score (nSPS) is 12.7. The fourth-order valence-corrected chi connectivity index (χ4v) is 4.62. The van der Waals surface area contributed by atoms with E-state index in [1.807, 2.05) is 13.0 Å². The third-order valence-corrected chi connectivity index (χ3v) is 7.02. The first-order valence-corrected chi connectivity index (χ1v) is 14.4. The number of ketones is 1. The smallest absolute Gasteiger partial charge is 0.317 e. The molecule has 0 radical (unpaired) electrons.